The molecule has 0 bridgehead atoms. The highest BCUT2D eigenvalue weighted by molar-refractivity contribution is 7.98. The van der Waals surface area contributed by atoms with E-state index in [9.17, 15) is 10.1 Å². The Morgan fingerprint density at radius 2 is 2.00 bits per heavy atom. The van der Waals surface area contributed by atoms with Crippen LogP contribution in [0.3, 0.4) is 0 Å². The van der Waals surface area contributed by atoms with Gasteiger partial charge in [-0.25, -0.2) is 9.83 Å². The molecule has 0 fully saturated rings. The Morgan fingerprint density at radius 1 is 1.35 bits per heavy atom. The molecule has 0 unspecified atom stereocenters. The molecule has 26 heavy (non-hydrogen) atoms. The van der Waals surface area contributed by atoms with Crippen molar-refractivity contribution < 1.29 is 4.79 Å². The van der Waals surface area contributed by atoms with E-state index in [1.807, 2.05) is 31.2 Å². The SMILES string of the molecule is [C-]#[N+]c1c(Cl)nc(SCc2ccc(CCC(C)=O)cc2)c(C#N)c1CC. The predicted molar refractivity (Wildman–Crippen MR) is 105 cm³/mol. The van der Waals surface area contributed by atoms with Crippen LogP contribution in [-0.4, -0.2) is 10.8 Å². The number of benzene rings is 1. The van der Waals surface area contributed by atoms with Crippen LogP contribution in [0.2, 0.25) is 5.15 Å². The van der Waals surface area contributed by atoms with Gasteiger partial charge in [-0.3, -0.25) is 0 Å². The average Bonchev–Trinajstić information content (AvgIpc) is 2.64. The van der Waals surface area contributed by atoms with Gasteiger partial charge >= 0.3 is 0 Å². The molecule has 0 spiro atoms. The topological polar surface area (TPSA) is 58.1 Å². The van der Waals surface area contributed by atoms with Crippen molar-refractivity contribution in [3.8, 4) is 6.07 Å². The van der Waals surface area contributed by atoms with Gasteiger partial charge in [0.2, 0.25) is 5.69 Å². The third-order valence-electron chi connectivity index (χ3n) is 3.94. The highest BCUT2D eigenvalue weighted by Crippen LogP contribution is 2.36. The Labute approximate surface area is 163 Å². The van der Waals surface area contributed by atoms with E-state index in [-0.39, 0.29) is 16.6 Å². The molecule has 1 aromatic heterocycles. The van der Waals surface area contributed by atoms with Crippen LogP contribution >= 0.6 is 23.4 Å². The smallest absolute Gasteiger partial charge is 0.228 e. The van der Waals surface area contributed by atoms with Crippen molar-refractivity contribution in [2.75, 3.05) is 0 Å². The van der Waals surface area contributed by atoms with Gasteiger partial charge in [-0.1, -0.05) is 42.8 Å². The highest BCUT2D eigenvalue weighted by Gasteiger charge is 2.18. The van der Waals surface area contributed by atoms with E-state index >= 15 is 0 Å². The number of hydrogen-bond donors (Lipinski definition) is 0. The second-order valence-electron chi connectivity index (χ2n) is 5.79. The molecule has 1 heterocycles. The Hall–Kier alpha value is -2.34. The molecule has 4 nitrogen and oxygen atoms in total. The van der Waals surface area contributed by atoms with Crippen LogP contribution in [0.5, 0.6) is 0 Å². The lowest BCUT2D eigenvalue weighted by molar-refractivity contribution is -0.116. The molecule has 0 radical (unpaired) electrons. The van der Waals surface area contributed by atoms with Crippen LogP contribution < -0.4 is 0 Å². The molecule has 0 aliphatic carbocycles. The molecule has 0 aliphatic heterocycles. The molecule has 0 saturated carbocycles. The zero-order valence-corrected chi connectivity index (χ0v) is 16.2. The Bertz CT molecular complexity index is 895. The third kappa shape index (κ3) is 4.85. The predicted octanol–water partition coefficient (Wildman–Crippen LogP) is 5.53. The summed E-state index contributed by atoms with van der Waals surface area (Å²) >= 11 is 7.57. The van der Waals surface area contributed by atoms with Gasteiger partial charge in [0, 0.05) is 12.2 Å². The summed E-state index contributed by atoms with van der Waals surface area (Å²) in [4.78, 5) is 18.7. The summed E-state index contributed by atoms with van der Waals surface area (Å²) in [6.45, 7) is 10.7. The summed E-state index contributed by atoms with van der Waals surface area (Å²) in [5, 5.41) is 10.2. The minimum absolute atomic E-state index is 0.151. The summed E-state index contributed by atoms with van der Waals surface area (Å²) in [6, 6.07) is 10.2. The molecule has 2 rings (SSSR count). The maximum atomic E-state index is 11.1. The van der Waals surface area contributed by atoms with Gasteiger partial charge in [-0.15, -0.1) is 11.8 Å². The van der Waals surface area contributed by atoms with Gasteiger partial charge in [-0.05, 0) is 36.5 Å². The molecule has 0 amide bonds. The highest BCUT2D eigenvalue weighted by atomic mass is 35.5. The van der Waals surface area contributed by atoms with Gasteiger partial charge in [0.1, 0.15) is 22.0 Å². The van der Waals surface area contributed by atoms with E-state index in [4.69, 9.17) is 18.2 Å². The molecule has 1 aromatic carbocycles. The number of hydrogen-bond acceptors (Lipinski definition) is 4. The van der Waals surface area contributed by atoms with Crippen LogP contribution in [0.4, 0.5) is 5.69 Å². The lowest BCUT2D eigenvalue weighted by Gasteiger charge is -2.11. The van der Waals surface area contributed by atoms with Crippen molar-refractivity contribution in [3.63, 3.8) is 0 Å². The second-order valence-corrected chi connectivity index (χ2v) is 7.12. The lowest BCUT2D eigenvalue weighted by atomic mass is 10.1. The lowest BCUT2D eigenvalue weighted by Crippen LogP contribution is -1.97. The number of aromatic nitrogens is 1. The molecular weight excluding hydrogens is 366 g/mol. The van der Waals surface area contributed by atoms with Crippen molar-refractivity contribution in [2.24, 2.45) is 0 Å². The zero-order chi connectivity index (χ0) is 19.1. The van der Waals surface area contributed by atoms with Crippen molar-refractivity contribution in [3.05, 3.63) is 63.1 Å². The average molecular weight is 384 g/mol. The summed E-state index contributed by atoms with van der Waals surface area (Å²) in [5.74, 6) is 0.831. The first-order chi connectivity index (χ1) is 12.5. The zero-order valence-electron chi connectivity index (χ0n) is 14.7. The van der Waals surface area contributed by atoms with Crippen molar-refractivity contribution in [1.82, 2.24) is 4.98 Å². The molecule has 0 atom stereocenters. The van der Waals surface area contributed by atoms with Crippen LogP contribution in [0.1, 0.15) is 42.5 Å². The van der Waals surface area contributed by atoms with E-state index in [1.54, 1.807) is 6.92 Å². The van der Waals surface area contributed by atoms with Crippen LogP contribution in [-0.2, 0) is 23.4 Å². The minimum atomic E-state index is 0.151. The number of carbonyl (C=O) groups excluding carboxylic acids is 1. The first-order valence-electron chi connectivity index (χ1n) is 8.20. The molecule has 132 valence electrons. The number of rotatable bonds is 7. The Balaban J connectivity index is 2.17. The number of Topliss-reactive ketones (excluding diaryl/α,β-unsaturated/α-hetero) is 1. The fourth-order valence-corrected chi connectivity index (χ4v) is 3.78. The molecule has 0 N–H and O–H groups in total. The van der Waals surface area contributed by atoms with E-state index in [2.05, 4.69) is 15.9 Å². The Kier molecular flexibility index (Phi) is 7.21. The van der Waals surface area contributed by atoms with Crippen molar-refractivity contribution >= 4 is 34.8 Å². The quantitative estimate of drug-likeness (QED) is 0.358. The molecule has 6 heteroatoms. The van der Waals surface area contributed by atoms with Gasteiger partial charge in [-0.2, -0.15) is 5.26 Å². The fourth-order valence-electron chi connectivity index (χ4n) is 2.52. The number of thioether (sulfide) groups is 1. The maximum absolute atomic E-state index is 11.1. The first-order valence-corrected chi connectivity index (χ1v) is 9.56. The van der Waals surface area contributed by atoms with E-state index < -0.39 is 0 Å². The summed E-state index contributed by atoms with van der Waals surface area (Å²) in [7, 11) is 0. The molecule has 0 aliphatic rings. The monoisotopic (exact) mass is 383 g/mol. The first kappa shape index (κ1) is 20.0. The van der Waals surface area contributed by atoms with E-state index in [1.165, 1.54) is 11.8 Å². The van der Waals surface area contributed by atoms with Crippen molar-refractivity contribution in [2.45, 2.75) is 43.9 Å². The summed E-state index contributed by atoms with van der Waals surface area (Å²) < 4.78 is 0. The molecular formula is C20H18ClN3OS. The number of nitriles is 1. The van der Waals surface area contributed by atoms with Crippen molar-refractivity contribution in [1.29, 1.82) is 5.26 Å². The molecule has 2 aromatic rings. The number of carbonyl (C=O) groups is 1. The summed E-state index contributed by atoms with van der Waals surface area (Å²) in [6.07, 6.45) is 1.85. The van der Waals surface area contributed by atoms with Gasteiger partial charge in [0.25, 0.3) is 0 Å². The van der Waals surface area contributed by atoms with E-state index in [0.29, 0.717) is 34.7 Å². The molecule has 0 saturated heterocycles. The largest absolute Gasteiger partial charge is 0.300 e. The van der Waals surface area contributed by atoms with E-state index in [0.717, 1.165) is 17.5 Å². The van der Waals surface area contributed by atoms with Gasteiger partial charge < -0.3 is 4.79 Å². The number of ketones is 1. The number of pyridine rings is 1. The van der Waals surface area contributed by atoms with Crippen LogP contribution in [0.15, 0.2) is 29.3 Å². The fraction of sp³-hybridized carbons (Fsp3) is 0.300. The third-order valence-corrected chi connectivity index (χ3v) is 5.25. The van der Waals surface area contributed by atoms with Gasteiger partial charge in [0.05, 0.1) is 12.1 Å². The maximum Gasteiger partial charge on any atom is 0.228 e. The van der Waals surface area contributed by atoms with Crippen LogP contribution in [0, 0.1) is 17.9 Å². The summed E-state index contributed by atoms with van der Waals surface area (Å²) in [5.41, 5.74) is 3.58. The number of nitrogens with zero attached hydrogens (tertiary/aromatic N) is 3. The van der Waals surface area contributed by atoms with Crippen LogP contribution in [0.25, 0.3) is 4.85 Å². The Morgan fingerprint density at radius 3 is 2.54 bits per heavy atom. The van der Waals surface area contributed by atoms with Gasteiger partial charge in [0.15, 0.2) is 0 Å². The minimum Gasteiger partial charge on any atom is -0.300 e. The standard InChI is InChI=1S/C20H18ClN3OS/c1-4-16-17(11-22)20(24-19(21)18(16)23-3)26-12-15-9-7-14(8-10-15)6-5-13(2)25/h7-10H,4-6,12H2,1-2H3. The second kappa shape index (κ2) is 9.38. The number of aryl methyl sites for hydroxylation is 1. The normalized spacial score (nSPS) is 10.2. The number of halogens is 1.